The maximum Gasteiger partial charge on any atom is 0.0590 e. The number of hydrogen-bond donors (Lipinski definition) is 2. The molecule has 3 heteroatoms. The zero-order valence-electron chi connectivity index (χ0n) is 9.87. The Labute approximate surface area is 93.2 Å². The summed E-state index contributed by atoms with van der Waals surface area (Å²) in [6.07, 6.45) is 4.85. The van der Waals surface area contributed by atoms with E-state index in [4.69, 9.17) is 9.84 Å². The molecule has 0 spiro atoms. The summed E-state index contributed by atoms with van der Waals surface area (Å²) in [5.41, 5.74) is 0. The number of rotatable bonds is 8. The Kier molecular flexibility index (Phi) is 6.98. The van der Waals surface area contributed by atoms with Gasteiger partial charge in [-0.25, -0.2) is 0 Å². The van der Waals surface area contributed by atoms with Crippen molar-refractivity contribution >= 4 is 0 Å². The van der Waals surface area contributed by atoms with Gasteiger partial charge in [0.1, 0.15) is 0 Å². The molecule has 2 unspecified atom stereocenters. The molecule has 0 saturated heterocycles. The predicted octanol–water partition coefficient (Wildman–Crippen LogP) is 1.41. The standard InChI is InChI=1S/C12H25NO2/c1-2-7-15-8-6-13-9-11-4-3-5-12(11)10-14/h11-14H,2-10H2,1H3. The molecule has 0 aromatic heterocycles. The van der Waals surface area contributed by atoms with Crippen LogP contribution in [0.1, 0.15) is 32.6 Å². The lowest BCUT2D eigenvalue weighted by Gasteiger charge is -2.17. The Morgan fingerprint density at radius 2 is 2.07 bits per heavy atom. The Balaban J connectivity index is 1.95. The topological polar surface area (TPSA) is 41.5 Å². The van der Waals surface area contributed by atoms with Crippen LogP contribution in [0.25, 0.3) is 0 Å². The number of ether oxygens (including phenoxy) is 1. The van der Waals surface area contributed by atoms with Gasteiger partial charge in [-0.05, 0) is 37.6 Å². The van der Waals surface area contributed by atoms with Crippen molar-refractivity contribution in [2.45, 2.75) is 32.6 Å². The molecule has 1 aliphatic rings. The fourth-order valence-electron chi connectivity index (χ4n) is 2.30. The van der Waals surface area contributed by atoms with Crippen LogP contribution < -0.4 is 5.32 Å². The van der Waals surface area contributed by atoms with Crippen molar-refractivity contribution in [1.82, 2.24) is 5.32 Å². The number of aliphatic hydroxyl groups excluding tert-OH is 1. The maximum absolute atomic E-state index is 9.16. The summed E-state index contributed by atoms with van der Waals surface area (Å²) in [7, 11) is 0. The van der Waals surface area contributed by atoms with Crippen molar-refractivity contribution < 1.29 is 9.84 Å². The largest absolute Gasteiger partial charge is 0.396 e. The van der Waals surface area contributed by atoms with E-state index in [2.05, 4.69) is 12.2 Å². The van der Waals surface area contributed by atoms with Crippen LogP contribution >= 0.6 is 0 Å². The molecule has 1 saturated carbocycles. The number of nitrogens with one attached hydrogen (secondary N) is 1. The fraction of sp³-hybridized carbons (Fsp3) is 1.00. The molecule has 90 valence electrons. The Morgan fingerprint density at radius 3 is 2.80 bits per heavy atom. The van der Waals surface area contributed by atoms with Gasteiger partial charge in [0, 0.05) is 19.8 Å². The molecule has 3 nitrogen and oxygen atoms in total. The molecule has 0 bridgehead atoms. The highest BCUT2D eigenvalue weighted by molar-refractivity contribution is 4.78. The third kappa shape index (κ3) is 4.96. The summed E-state index contributed by atoms with van der Waals surface area (Å²) in [4.78, 5) is 0. The molecule has 15 heavy (non-hydrogen) atoms. The lowest BCUT2D eigenvalue weighted by molar-refractivity contribution is 0.133. The van der Waals surface area contributed by atoms with E-state index in [0.29, 0.717) is 18.4 Å². The van der Waals surface area contributed by atoms with Gasteiger partial charge in [-0.1, -0.05) is 13.3 Å². The lowest BCUT2D eigenvalue weighted by Crippen LogP contribution is -2.29. The van der Waals surface area contributed by atoms with Gasteiger partial charge in [-0.15, -0.1) is 0 Å². The predicted molar refractivity (Wildman–Crippen MR) is 61.9 cm³/mol. The first-order chi connectivity index (χ1) is 7.38. The zero-order chi connectivity index (χ0) is 10.9. The molecule has 0 aromatic rings. The highest BCUT2D eigenvalue weighted by Crippen LogP contribution is 2.30. The van der Waals surface area contributed by atoms with Crippen molar-refractivity contribution in [2.75, 3.05) is 32.9 Å². The van der Waals surface area contributed by atoms with E-state index in [1.807, 2.05) is 0 Å². The van der Waals surface area contributed by atoms with Crippen LogP contribution in [-0.2, 0) is 4.74 Å². The summed E-state index contributed by atoms with van der Waals surface area (Å²) in [6, 6.07) is 0. The monoisotopic (exact) mass is 215 g/mol. The molecule has 1 rings (SSSR count). The smallest absolute Gasteiger partial charge is 0.0590 e. The van der Waals surface area contributed by atoms with E-state index in [1.54, 1.807) is 0 Å². The van der Waals surface area contributed by atoms with Gasteiger partial charge in [0.05, 0.1) is 6.61 Å². The highest BCUT2D eigenvalue weighted by Gasteiger charge is 2.25. The van der Waals surface area contributed by atoms with Crippen molar-refractivity contribution in [3.63, 3.8) is 0 Å². The molecule has 0 aliphatic heterocycles. The second-order valence-corrected chi connectivity index (χ2v) is 4.45. The van der Waals surface area contributed by atoms with E-state index in [-0.39, 0.29) is 0 Å². The molecule has 2 N–H and O–H groups in total. The molecule has 2 atom stereocenters. The lowest BCUT2D eigenvalue weighted by atomic mass is 9.97. The molecule has 1 aliphatic carbocycles. The first-order valence-electron chi connectivity index (χ1n) is 6.27. The normalized spacial score (nSPS) is 26.0. The molecule has 1 fully saturated rings. The summed E-state index contributed by atoms with van der Waals surface area (Å²) in [5, 5.41) is 12.6. The molecule has 0 radical (unpaired) electrons. The SMILES string of the molecule is CCCOCCNCC1CCCC1CO. The summed E-state index contributed by atoms with van der Waals surface area (Å²) in [6.45, 7) is 6.14. The van der Waals surface area contributed by atoms with E-state index >= 15 is 0 Å². The molecular formula is C12H25NO2. The minimum atomic E-state index is 0.360. The van der Waals surface area contributed by atoms with Gasteiger partial charge in [0.25, 0.3) is 0 Å². The van der Waals surface area contributed by atoms with Gasteiger partial charge in [-0.2, -0.15) is 0 Å². The second kappa shape index (κ2) is 8.08. The van der Waals surface area contributed by atoms with Crippen LogP contribution in [-0.4, -0.2) is 38.0 Å². The minimum Gasteiger partial charge on any atom is -0.396 e. The Hall–Kier alpha value is -0.120. The number of aliphatic hydroxyl groups is 1. The maximum atomic E-state index is 9.16. The quantitative estimate of drug-likeness (QED) is 0.602. The molecule has 0 heterocycles. The van der Waals surface area contributed by atoms with Crippen LogP contribution in [0.5, 0.6) is 0 Å². The average Bonchev–Trinajstić information content (AvgIpc) is 2.70. The van der Waals surface area contributed by atoms with Gasteiger partial charge in [0.15, 0.2) is 0 Å². The summed E-state index contributed by atoms with van der Waals surface area (Å²) < 4.78 is 5.39. The first-order valence-corrected chi connectivity index (χ1v) is 6.27. The van der Waals surface area contributed by atoms with Crippen LogP contribution in [0.2, 0.25) is 0 Å². The third-order valence-corrected chi connectivity index (χ3v) is 3.23. The van der Waals surface area contributed by atoms with E-state index in [0.717, 1.165) is 32.7 Å². The molecule has 0 amide bonds. The minimum absolute atomic E-state index is 0.360. The van der Waals surface area contributed by atoms with Crippen LogP contribution in [0.3, 0.4) is 0 Å². The van der Waals surface area contributed by atoms with E-state index in [1.165, 1.54) is 19.3 Å². The average molecular weight is 215 g/mol. The van der Waals surface area contributed by atoms with E-state index < -0.39 is 0 Å². The van der Waals surface area contributed by atoms with E-state index in [9.17, 15) is 0 Å². The molecule has 0 aromatic carbocycles. The van der Waals surface area contributed by atoms with Crippen LogP contribution in [0.4, 0.5) is 0 Å². The zero-order valence-corrected chi connectivity index (χ0v) is 9.87. The van der Waals surface area contributed by atoms with Crippen LogP contribution in [0, 0.1) is 11.8 Å². The first kappa shape index (κ1) is 12.9. The number of hydrogen-bond acceptors (Lipinski definition) is 3. The summed E-state index contributed by atoms with van der Waals surface area (Å²) in [5.74, 6) is 1.22. The van der Waals surface area contributed by atoms with Gasteiger partial charge in [0.2, 0.25) is 0 Å². The van der Waals surface area contributed by atoms with Crippen LogP contribution in [0.15, 0.2) is 0 Å². The highest BCUT2D eigenvalue weighted by atomic mass is 16.5. The Morgan fingerprint density at radius 1 is 1.27 bits per heavy atom. The van der Waals surface area contributed by atoms with Crippen molar-refractivity contribution in [1.29, 1.82) is 0 Å². The van der Waals surface area contributed by atoms with Crippen molar-refractivity contribution in [3.8, 4) is 0 Å². The van der Waals surface area contributed by atoms with Crippen molar-refractivity contribution in [3.05, 3.63) is 0 Å². The third-order valence-electron chi connectivity index (χ3n) is 3.23. The Bertz CT molecular complexity index is 153. The molecular weight excluding hydrogens is 190 g/mol. The van der Waals surface area contributed by atoms with Gasteiger partial charge >= 0.3 is 0 Å². The van der Waals surface area contributed by atoms with Gasteiger partial charge < -0.3 is 15.2 Å². The van der Waals surface area contributed by atoms with Gasteiger partial charge in [-0.3, -0.25) is 0 Å². The summed E-state index contributed by atoms with van der Waals surface area (Å²) >= 11 is 0. The van der Waals surface area contributed by atoms with Crippen molar-refractivity contribution in [2.24, 2.45) is 11.8 Å². The fourth-order valence-corrected chi connectivity index (χ4v) is 2.30. The second-order valence-electron chi connectivity index (χ2n) is 4.45.